The van der Waals surface area contributed by atoms with Crippen LogP contribution >= 0.6 is 0 Å². The van der Waals surface area contributed by atoms with Crippen LogP contribution < -0.4 is 5.32 Å². The standard InChI is InChI=1S/C17H19NO4/c1-17(2,3)22-16(21)18-14(15(19)20)13-10-6-8-11-7-4-5-9-12(11)13/h4-10,14H,1-3H3,(H,18,21)(H,19,20)/t14-/m1/s1. The minimum atomic E-state index is -1.17. The van der Waals surface area contributed by atoms with Crippen LogP contribution in [-0.2, 0) is 9.53 Å². The summed E-state index contributed by atoms with van der Waals surface area (Å²) in [6.45, 7) is 5.17. The Labute approximate surface area is 128 Å². The molecule has 2 rings (SSSR count). The summed E-state index contributed by atoms with van der Waals surface area (Å²) in [5.74, 6) is -1.14. The fourth-order valence-corrected chi connectivity index (χ4v) is 2.20. The van der Waals surface area contributed by atoms with Gasteiger partial charge in [-0.15, -0.1) is 0 Å². The average Bonchev–Trinajstić information content (AvgIpc) is 2.42. The van der Waals surface area contributed by atoms with Crippen molar-refractivity contribution in [3.63, 3.8) is 0 Å². The van der Waals surface area contributed by atoms with Crippen LogP contribution in [0.2, 0.25) is 0 Å². The van der Waals surface area contributed by atoms with E-state index in [1.54, 1.807) is 32.9 Å². The molecule has 2 aromatic rings. The Balaban J connectivity index is 2.35. The minimum Gasteiger partial charge on any atom is -0.479 e. The highest BCUT2D eigenvalue weighted by Gasteiger charge is 2.26. The van der Waals surface area contributed by atoms with E-state index < -0.39 is 23.7 Å². The highest BCUT2D eigenvalue weighted by atomic mass is 16.6. The number of hydrogen-bond acceptors (Lipinski definition) is 3. The smallest absolute Gasteiger partial charge is 0.408 e. The highest BCUT2D eigenvalue weighted by molar-refractivity contribution is 5.92. The first-order valence-corrected chi connectivity index (χ1v) is 6.98. The van der Waals surface area contributed by atoms with Crippen molar-refractivity contribution in [2.45, 2.75) is 32.4 Å². The van der Waals surface area contributed by atoms with E-state index in [1.807, 2.05) is 30.3 Å². The predicted octanol–water partition coefficient (Wildman–Crippen LogP) is 3.49. The molecule has 0 unspecified atom stereocenters. The Morgan fingerprint density at radius 2 is 1.73 bits per heavy atom. The van der Waals surface area contributed by atoms with E-state index in [9.17, 15) is 14.7 Å². The summed E-state index contributed by atoms with van der Waals surface area (Å²) >= 11 is 0. The van der Waals surface area contributed by atoms with Crippen LogP contribution in [0, 0.1) is 0 Å². The Morgan fingerprint density at radius 1 is 1.09 bits per heavy atom. The van der Waals surface area contributed by atoms with Crippen molar-refractivity contribution in [3.8, 4) is 0 Å². The third-order valence-corrected chi connectivity index (χ3v) is 3.04. The molecule has 0 aliphatic rings. The number of carbonyl (C=O) groups is 2. The van der Waals surface area contributed by atoms with Crippen molar-refractivity contribution >= 4 is 22.8 Å². The van der Waals surface area contributed by atoms with E-state index in [0.29, 0.717) is 5.56 Å². The van der Waals surface area contributed by atoms with E-state index in [1.165, 1.54) is 0 Å². The lowest BCUT2D eigenvalue weighted by molar-refractivity contribution is -0.139. The molecule has 0 aliphatic carbocycles. The molecule has 0 saturated carbocycles. The van der Waals surface area contributed by atoms with Crippen LogP contribution in [0.4, 0.5) is 4.79 Å². The fraction of sp³-hybridized carbons (Fsp3) is 0.294. The van der Waals surface area contributed by atoms with E-state index in [4.69, 9.17) is 4.74 Å². The molecule has 0 spiro atoms. The number of alkyl carbamates (subject to hydrolysis) is 1. The SMILES string of the molecule is CC(C)(C)OC(=O)N[C@@H](C(=O)O)c1cccc2ccccc12. The molecular formula is C17H19NO4. The molecule has 5 nitrogen and oxygen atoms in total. The largest absolute Gasteiger partial charge is 0.479 e. The van der Waals surface area contributed by atoms with Gasteiger partial charge in [0.15, 0.2) is 6.04 Å². The number of carboxylic acid groups (broad SMARTS) is 1. The Kier molecular flexibility index (Phi) is 4.35. The Bertz CT molecular complexity index is 698. The summed E-state index contributed by atoms with van der Waals surface area (Å²) in [4.78, 5) is 23.5. The maximum absolute atomic E-state index is 11.9. The number of aliphatic carboxylic acids is 1. The van der Waals surface area contributed by atoms with Crippen LogP contribution in [0.1, 0.15) is 32.4 Å². The Hall–Kier alpha value is -2.56. The summed E-state index contributed by atoms with van der Waals surface area (Å²) in [5, 5.41) is 13.6. The molecule has 0 radical (unpaired) electrons. The number of fused-ring (bicyclic) bond motifs is 1. The number of carboxylic acids is 1. The summed E-state index contributed by atoms with van der Waals surface area (Å²) < 4.78 is 5.14. The quantitative estimate of drug-likeness (QED) is 0.910. The van der Waals surface area contributed by atoms with Gasteiger partial charge in [0.1, 0.15) is 5.60 Å². The predicted molar refractivity (Wildman–Crippen MR) is 83.7 cm³/mol. The number of ether oxygens (including phenoxy) is 1. The lowest BCUT2D eigenvalue weighted by Gasteiger charge is -2.22. The second-order valence-corrected chi connectivity index (χ2v) is 5.99. The first-order valence-electron chi connectivity index (χ1n) is 6.98. The topological polar surface area (TPSA) is 75.6 Å². The molecule has 116 valence electrons. The van der Waals surface area contributed by atoms with Gasteiger partial charge < -0.3 is 15.2 Å². The molecule has 0 aromatic heterocycles. The molecule has 0 bridgehead atoms. The number of hydrogen-bond donors (Lipinski definition) is 2. The van der Waals surface area contributed by atoms with Gasteiger partial charge in [0.25, 0.3) is 0 Å². The van der Waals surface area contributed by atoms with Gasteiger partial charge in [-0.1, -0.05) is 42.5 Å². The molecule has 0 aliphatic heterocycles. The third-order valence-electron chi connectivity index (χ3n) is 3.04. The summed E-state index contributed by atoms with van der Waals surface area (Å²) in [6.07, 6.45) is -0.757. The number of benzene rings is 2. The van der Waals surface area contributed by atoms with E-state index in [-0.39, 0.29) is 0 Å². The van der Waals surface area contributed by atoms with Gasteiger partial charge in [-0.25, -0.2) is 9.59 Å². The molecule has 22 heavy (non-hydrogen) atoms. The second-order valence-electron chi connectivity index (χ2n) is 5.99. The van der Waals surface area contributed by atoms with Crippen LogP contribution in [0.25, 0.3) is 10.8 Å². The first-order chi connectivity index (χ1) is 10.3. The van der Waals surface area contributed by atoms with Crippen LogP contribution in [0.3, 0.4) is 0 Å². The summed E-state index contributed by atoms with van der Waals surface area (Å²) in [5.41, 5.74) is -0.164. The zero-order valence-electron chi connectivity index (χ0n) is 12.8. The zero-order chi connectivity index (χ0) is 16.3. The molecule has 5 heteroatoms. The molecule has 1 atom stereocenters. The van der Waals surface area contributed by atoms with E-state index in [0.717, 1.165) is 10.8 Å². The van der Waals surface area contributed by atoms with Crippen molar-refractivity contribution in [2.75, 3.05) is 0 Å². The van der Waals surface area contributed by atoms with Crippen LogP contribution in [0.15, 0.2) is 42.5 Å². The van der Waals surface area contributed by atoms with Crippen molar-refractivity contribution in [3.05, 3.63) is 48.0 Å². The lowest BCUT2D eigenvalue weighted by atomic mass is 9.99. The van der Waals surface area contributed by atoms with Crippen molar-refractivity contribution < 1.29 is 19.4 Å². The first kappa shape index (κ1) is 15.8. The molecule has 0 heterocycles. The van der Waals surface area contributed by atoms with Crippen molar-refractivity contribution in [1.29, 1.82) is 0 Å². The van der Waals surface area contributed by atoms with Crippen LogP contribution in [-0.4, -0.2) is 22.8 Å². The van der Waals surface area contributed by atoms with Gasteiger partial charge in [-0.05, 0) is 37.1 Å². The maximum atomic E-state index is 11.9. The number of amides is 1. The maximum Gasteiger partial charge on any atom is 0.408 e. The molecule has 0 saturated heterocycles. The molecule has 1 amide bonds. The van der Waals surface area contributed by atoms with Crippen LogP contribution in [0.5, 0.6) is 0 Å². The van der Waals surface area contributed by atoms with E-state index in [2.05, 4.69) is 5.32 Å². The van der Waals surface area contributed by atoms with Crippen molar-refractivity contribution in [2.24, 2.45) is 0 Å². The van der Waals surface area contributed by atoms with Gasteiger partial charge in [0, 0.05) is 0 Å². The minimum absolute atomic E-state index is 0.524. The van der Waals surface area contributed by atoms with Gasteiger partial charge in [-0.2, -0.15) is 0 Å². The third kappa shape index (κ3) is 3.75. The molecule has 0 fully saturated rings. The van der Waals surface area contributed by atoms with Gasteiger partial charge in [0.2, 0.25) is 0 Å². The molecule has 2 aromatic carbocycles. The summed E-state index contributed by atoms with van der Waals surface area (Å²) in [6, 6.07) is 11.6. The molecule has 2 N–H and O–H groups in total. The number of rotatable bonds is 3. The second kappa shape index (κ2) is 6.05. The molecular weight excluding hydrogens is 282 g/mol. The monoisotopic (exact) mass is 301 g/mol. The van der Waals surface area contributed by atoms with Gasteiger partial charge >= 0.3 is 12.1 Å². The van der Waals surface area contributed by atoms with Gasteiger partial charge in [-0.3, -0.25) is 0 Å². The normalized spacial score (nSPS) is 12.7. The van der Waals surface area contributed by atoms with Crippen molar-refractivity contribution in [1.82, 2.24) is 5.32 Å². The van der Waals surface area contributed by atoms with Gasteiger partial charge in [0.05, 0.1) is 0 Å². The summed E-state index contributed by atoms with van der Waals surface area (Å²) in [7, 11) is 0. The number of nitrogens with one attached hydrogen (secondary N) is 1. The average molecular weight is 301 g/mol. The lowest BCUT2D eigenvalue weighted by Crippen LogP contribution is -2.38. The Morgan fingerprint density at radius 3 is 2.36 bits per heavy atom. The zero-order valence-corrected chi connectivity index (χ0v) is 12.8. The van der Waals surface area contributed by atoms with E-state index >= 15 is 0 Å². The number of carbonyl (C=O) groups excluding carboxylic acids is 1. The fourth-order valence-electron chi connectivity index (χ4n) is 2.20. The highest BCUT2D eigenvalue weighted by Crippen LogP contribution is 2.25.